The molecule has 4 rings (SSSR count). The van der Waals surface area contributed by atoms with E-state index in [0.29, 0.717) is 37.0 Å². The molecule has 4 unspecified atom stereocenters. The molecule has 0 N–H and O–H groups in total. The Morgan fingerprint density at radius 3 is 2.43 bits per heavy atom. The summed E-state index contributed by atoms with van der Waals surface area (Å²) in [6.45, 7) is -0.00523. The van der Waals surface area contributed by atoms with E-state index in [2.05, 4.69) is 0 Å². The van der Waals surface area contributed by atoms with E-state index < -0.39 is 5.97 Å². The van der Waals surface area contributed by atoms with Gasteiger partial charge < -0.3 is 14.2 Å². The van der Waals surface area contributed by atoms with Gasteiger partial charge in [0.2, 0.25) is 0 Å². The molecule has 6 nitrogen and oxygen atoms in total. The van der Waals surface area contributed by atoms with Gasteiger partial charge in [-0.3, -0.25) is 9.59 Å². The molecule has 0 amide bonds. The zero-order valence-corrected chi connectivity index (χ0v) is 16.6. The monoisotopic (exact) mass is 408 g/mol. The lowest BCUT2D eigenvalue weighted by molar-refractivity contribution is -0.141. The van der Waals surface area contributed by atoms with E-state index in [1.54, 1.807) is 36.4 Å². The molecule has 2 aromatic rings. The number of hydrogen-bond donors (Lipinski definition) is 0. The lowest BCUT2D eigenvalue weighted by atomic mass is 9.87. The second-order valence-corrected chi connectivity index (χ2v) is 7.78. The van der Waals surface area contributed by atoms with Crippen molar-refractivity contribution in [1.82, 2.24) is 0 Å². The predicted molar refractivity (Wildman–Crippen MR) is 108 cm³/mol. The molecule has 2 fully saturated rings. The zero-order valence-electron chi connectivity index (χ0n) is 16.6. The summed E-state index contributed by atoms with van der Waals surface area (Å²) in [6, 6.07) is 18.0. The van der Waals surface area contributed by atoms with Gasteiger partial charge in [-0.1, -0.05) is 36.4 Å². The summed E-state index contributed by atoms with van der Waals surface area (Å²) in [6.07, 6.45) is 1.00. The normalized spacial score (nSPS) is 24.7. The van der Waals surface area contributed by atoms with Crippen LogP contribution in [0.5, 0.6) is 5.75 Å². The molecular formula is C24H24O6. The second-order valence-electron chi connectivity index (χ2n) is 7.78. The van der Waals surface area contributed by atoms with Gasteiger partial charge in [0.05, 0.1) is 12.0 Å². The Balaban J connectivity index is 1.36. The van der Waals surface area contributed by atoms with Crippen molar-refractivity contribution in [3.8, 4) is 5.75 Å². The average molecular weight is 408 g/mol. The highest BCUT2D eigenvalue weighted by Gasteiger charge is 2.51. The SMILES string of the molecule is O=C(CCC1C(OC(=O)c2ccccc2)CC2OC(=O)CC21)COc1ccccc1. The summed E-state index contributed by atoms with van der Waals surface area (Å²) in [7, 11) is 0. The summed E-state index contributed by atoms with van der Waals surface area (Å²) in [4.78, 5) is 36.6. The van der Waals surface area contributed by atoms with Crippen LogP contribution in [-0.2, 0) is 19.1 Å². The van der Waals surface area contributed by atoms with Crippen molar-refractivity contribution >= 4 is 17.7 Å². The van der Waals surface area contributed by atoms with Crippen LogP contribution in [-0.4, -0.2) is 36.5 Å². The lowest BCUT2D eigenvalue weighted by Crippen LogP contribution is -2.27. The molecule has 2 aromatic carbocycles. The van der Waals surface area contributed by atoms with E-state index in [1.165, 1.54) is 0 Å². The first-order valence-corrected chi connectivity index (χ1v) is 10.2. The van der Waals surface area contributed by atoms with Crippen molar-refractivity contribution in [3.05, 3.63) is 66.2 Å². The number of ether oxygens (including phenoxy) is 3. The maximum atomic E-state index is 12.5. The largest absolute Gasteiger partial charge is 0.486 e. The fourth-order valence-corrected chi connectivity index (χ4v) is 4.35. The van der Waals surface area contributed by atoms with Crippen LogP contribution in [0.2, 0.25) is 0 Å². The summed E-state index contributed by atoms with van der Waals surface area (Å²) in [5, 5.41) is 0. The number of esters is 2. The van der Waals surface area contributed by atoms with E-state index in [9.17, 15) is 14.4 Å². The van der Waals surface area contributed by atoms with Crippen LogP contribution in [0.1, 0.15) is 36.0 Å². The van der Waals surface area contributed by atoms with E-state index in [4.69, 9.17) is 14.2 Å². The standard InChI is InChI=1S/C24H24O6/c25-17(15-28-18-9-5-2-6-10-18)11-12-19-20-13-23(26)29-22(20)14-21(19)30-24(27)16-7-3-1-4-8-16/h1-10,19-22H,11-15H2. The van der Waals surface area contributed by atoms with Crippen LogP contribution in [0.15, 0.2) is 60.7 Å². The minimum Gasteiger partial charge on any atom is -0.486 e. The summed E-state index contributed by atoms with van der Waals surface area (Å²) < 4.78 is 16.7. The maximum absolute atomic E-state index is 12.5. The van der Waals surface area contributed by atoms with Crippen molar-refractivity contribution < 1.29 is 28.6 Å². The van der Waals surface area contributed by atoms with Crippen LogP contribution in [0.3, 0.4) is 0 Å². The molecule has 0 aromatic heterocycles. The molecule has 30 heavy (non-hydrogen) atoms. The molecule has 0 bridgehead atoms. The number of benzene rings is 2. The second kappa shape index (κ2) is 9.11. The molecule has 2 aliphatic rings. The predicted octanol–water partition coefficient (Wildman–Crippen LogP) is 3.59. The minimum absolute atomic E-state index is 0.00523. The van der Waals surface area contributed by atoms with Crippen LogP contribution in [0, 0.1) is 11.8 Å². The number of hydrogen-bond acceptors (Lipinski definition) is 6. The maximum Gasteiger partial charge on any atom is 0.338 e. The van der Waals surface area contributed by atoms with Crippen molar-refractivity contribution in [2.75, 3.05) is 6.61 Å². The highest BCUT2D eigenvalue weighted by molar-refractivity contribution is 5.89. The lowest BCUT2D eigenvalue weighted by Gasteiger charge is -2.23. The van der Waals surface area contributed by atoms with E-state index >= 15 is 0 Å². The van der Waals surface area contributed by atoms with Gasteiger partial charge in [-0.2, -0.15) is 0 Å². The summed E-state index contributed by atoms with van der Waals surface area (Å²) in [5.41, 5.74) is 0.484. The number of rotatable bonds is 8. The molecule has 1 saturated carbocycles. The van der Waals surface area contributed by atoms with Gasteiger partial charge >= 0.3 is 11.9 Å². The fraction of sp³-hybridized carbons (Fsp3) is 0.375. The molecule has 0 radical (unpaired) electrons. The molecule has 0 spiro atoms. The number of carbonyl (C=O) groups excluding carboxylic acids is 3. The molecule has 4 atom stereocenters. The molecule has 6 heteroatoms. The Bertz CT molecular complexity index is 894. The van der Waals surface area contributed by atoms with E-state index in [0.717, 1.165) is 0 Å². The van der Waals surface area contributed by atoms with Crippen LogP contribution in [0.25, 0.3) is 0 Å². The molecular weight excluding hydrogens is 384 g/mol. The highest BCUT2D eigenvalue weighted by Crippen LogP contribution is 2.45. The Kier molecular flexibility index (Phi) is 6.12. The first-order valence-electron chi connectivity index (χ1n) is 10.2. The third-order valence-electron chi connectivity index (χ3n) is 5.82. The number of ketones is 1. The number of fused-ring (bicyclic) bond motifs is 1. The molecule has 1 aliphatic heterocycles. The highest BCUT2D eigenvalue weighted by atomic mass is 16.6. The van der Waals surface area contributed by atoms with Gasteiger partial charge in [0.15, 0.2) is 5.78 Å². The first kappa shape index (κ1) is 20.1. The third-order valence-corrected chi connectivity index (χ3v) is 5.82. The first-order chi connectivity index (χ1) is 14.6. The van der Waals surface area contributed by atoms with Crippen molar-refractivity contribution in [3.63, 3.8) is 0 Å². The van der Waals surface area contributed by atoms with E-state index in [-0.39, 0.29) is 42.4 Å². The molecule has 1 saturated heterocycles. The van der Waals surface area contributed by atoms with Gasteiger partial charge in [-0.15, -0.1) is 0 Å². The molecule has 1 aliphatic carbocycles. The van der Waals surface area contributed by atoms with Crippen LogP contribution in [0.4, 0.5) is 0 Å². The van der Waals surface area contributed by atoms with Gasteiger partial charge in [-0.05, 0) is 30.7 Å². The third kappa shape index (κ3) is 4.70. The van der Waals surface area contributed by atoms with Crippen molar-refractivity contribution in [1.29, 1.82) is 0 Å². The van der Waals surface area contributed by atoms with Crippen molar-refractivity contribution in [2.45, 2.75) is 37.9 Å². The Morgan fingerprint density at radius 1 is 1.00 bits per heavy atom. The fourth-order valence-electron chi connectivity index (χ4n) is 4.35. The van der Waals surface area contributed by atoms with Crippen molar-refractivity contribution in [2.24, 2.45) is 11.8 Å². The minimum atomic E-state index is -0.393. The Labute approximate surface area is 175 Å². The quantitative estimate of drug-likeness (QED) is 0.621. The zero-order chi connectivity index (χ0) is 20.9. The molecule has 1 heterocycles. The van der Waals surface area contributed by atoms with Gasteiger partial charge in [-0.25, -0.2) is 4.79 Å². The Hall–Kier alpha value is -3.15. The van der Waals surface area contributed by atoms with E-state index in [1.807, 2.05) is 24.3 Å². The number of carbonyl (C=O) groups is 3. The van der Waals surface area contributed by atoms with Crippen LogP contribution >= 0.6 is 0 Å². The summed E-state index contributed by atoms with van der Waals surface area (Å²) >= 11 is 0. The average Bonchev–Trinajstić information content (AvgIpc) is 3.27. The van der Waals surface area contributed by atoms with Gasteiger partial charge in [0.1, 0.15) is 24.6 Å². The topological polar surface area (TPSA) is 78.9 Å². The van der Waals surface area contributed by atoms with Gasteiger partial charge in [0, 0.05) is 24.7 Å². The number of para-hydroxylation sites is 1. The number of Topliss-reactive ketones (excluding diaryl/α,β-unsaturated/α-hetero) is 1. The Morgan fingerprint density at radius 2 is 1.70 bits per heavy atom. The molecule has 156 valence electrons. The smallest absolute Gasteiger partial charge is 0.338 e. The van der Waals surface area contributed by atoms with Crippen LogP contribution < -0.4 is 4.74 Å². The van der Waals surface area contributed by atoms with Gasteiger partial charge in [0.25, 0.3) is 0 Å². The summed E-state index contributed by atoms with van der Waals surface area (Å²) in [5.74, 6) is -0.0992.